The second-order valence-electron chi connectivity index (χ2n) is 6.50. The van der Waals surface area contributed by atoms with Crippen molar-refractivity contribution in [3.05, 3.63) is 11.8 Å². The van der Waals surface area contributed by atoms with E-state index in [1.54, 1.807) is 6.20 Å². The van der Waals surface area contributed by atoms with Crippen LogP contribution < -0.4 is 10.6 Å². The summed E-state index contributed by atoms with van der Waals surface area (Å²) in [5.74, 6) is -0.0616. The molecule has 0 unspecified atom stereocenters. The Balaban J connectivity index is 2.11. The van der Waals surface area contributed by atoms with Crippen molar-refractivity contribution in [2.75, 3.05) is 0 Å². The van der Waals surface area contributed by atoms with Crippen LogP contribution in [0.4, 0.5) is 0 Å². The van der Waals surface area contributed by atoms with Crippen LogP contribution in [-0.4, -0.2) is 24.3 Å². The first kappa shape index (κ1) is 17.1. The molecule has 6 heteroatoms. The summed E-state index contributed by atoms with van der Waals surface area (Å²) >= 11 is 5.53. The fourth-order valence-electron chi connectivity index (χ4n) is 2.42. The van der Waals surface area contributed by atoms with Crippen LogP contribution >= 0.6 is 32.3 Å². The Labute approximate surface area is 141 Å². The Bertz CT molecular complexity index is 500. The van der Waals surface area contributed by atoms with Gasteiger partial charge in [0.25, 0.3) is 5.91 Å². The van der Waals surface area contributed by atoms with E-state index in [0.717, 1.165) is 3.63 Å². The van der Waals surface area contributed by atoms with Crippen LogP contribution in [0.25, 0.3) is 0 Å². The molecule has 0 aromatic heterocycles. The highest BCUT2D eigenvalue weighted by molar-refractivity contribution is 14.2. The molecular weight excluding hydrogens is 401 g/mol. The molecule has 1 amide bonds. The summed E-state index contributed by atoms with van der Waals surface area (Å²) in [5, 5.41) is 6.58. The number of hydrogen-bond donors (Lipinski definition) is 2. The van der Waals surface area contributed by atoms with Gasteiger partial charge in [-0.25, -0.2) is 4.99 Å². The molecule has 2 rings (SSSR count). The molecule has 1 aliphatic heterocycles. The molecule has 0 aromatic carbocycles. The number of carbonyl (C=O) groups excluding carboxylic acids is 1. The van der Waals surface area contributed by atoms with E-state index in [2.05, 4.69) is 15.6 Å². The van der Waals surface area contributed by atoms with Crippen molar-refractivity contribution in [3.8, 4) is 0 Å². The average Bonchev–Trinajstić information content (AvgIpc) is 2.37. The average molecular weight is 424 g/mol. The first-order chi connectivity index (χ1) is 9.85. The van der Waals surface area contributed by atoms with E-state index in [9.17, 15) is 4.79 Å². The van der Waals surface area contributed by atoms with Gasteiger partial charge in [-0.05, 0) is 54.3 Å². The maximum Gasteiger partial charge on any atom is 0.255 e. The molecule has 0 aromatic rings. The van der Waals surface area contributed by atoms with Crippen LogP contribution in [-0.2, 0) is 4.79 Å². The molecule has 0 radical (unpaired) electrons. The second kappa shape index (κ2) is 7.33. The third-order valence-electron chi connectivity index (χ3n) is 3.37. The fourth-order valence-corrected chi connectivity index (χ4v) is 4.94. The highest BCUT2D eigenvalue weighted by atomic mass is 127. The molecular formula is C15H23ClIN3O. The molecule has 1 fully saturated rings. The standard InChI is InChI=1S/C15H23ClIN3O/c1-15(2,3)20-13(21)11-9-18-14(16)17-12(11)19-10-7-5-4-6-8-10/h9-10,19H,4-8H2,1-3H3,(H,20,21). The Kier molecular flexibility index (Phi) is 5.96. The topological polar surface area (TPSA) is 53.5 Å². The lowest BCUT2D eigenvalue weighted by atomic mass is 9.95. The zero-order chi connectivity index (χ0) is 15.5. The number of carbonyl (C=O) groups is 1. The Hall–Kier alpha value is -0.270. The van der Waals surface area contributed by atoms with Gasteiger partial charge in [0.2, 0.25) is 0 Å². The predicted molar refractivity (Wildman–Crippen MR) is 98.3 cm³/mol. The van der Waals surface area contributed by atoms with E-state index in [1.165, 1.54) is 32.1 Å². The summed E-state index contributed by atoms with van der Waals surface area (Å²) in [6.07, 6.45) is 7.80. The van der Waals surface area contributed by atoms with Crippen LogP contribution in [0.2, 0.25) is 0 Å². The third kappa shape index (κ3) is 5.45. The molecule has 0 atom stereocenters. The monoisotopic (exact) mass is 423 g/mol. The fraction of sp³-hybridized carbons (Fsp3) is 0.667. The normalized spacial score (nSPS) is 20.9. The highest BCUT2D eigenvalue weighted by Gasteiger charge is 2.25. The number of nitrogens with one attached hydrogen (secondary N) is 2. The second-order valence-corrected chi connectivity index (χ2v) is 10.1. The van der Waals surface area contributed by atoms with Crippen molar-refractivity contribution in [1.82, 2.24) is 10.6 Å². The number of amides is 1. The highest BCUT2D eigenvalue weighted by Crippen LogP contribution is 2.23. The molecule has 2 N–H and O–H groups in total. The van der Waals surface area contributed by atoms with E-state index < -0.39 is 20.7 Å². The maximum absolute atomic E-state index is 12.4. The zero-order valence-electron chi connectivity index (χ0n) is 12.8. The van der Waals surface area contributed by atoms with Crippen molar-refractivity contribution in [3.63, 3.8) is 0 Å². The lowest BCUT2D eigenvalue weighted by Crippen LogP contribution is -2.45. The first-order valence-electron chi connectivity index (χ1n) is 7.40. The third-order valence-corrected chi connectivity index (χ3v) is 6.10. The van der Waals surface area contributed by atoms with Crippen LogP contribution in [0, 0.1) is 0 Å². The van der Waals surface area contributed by atoms with E-state index in [1.807, 2.05) is 20.8 Å². The van der Waals surface area contributed by atoms with Gasteiger partial charge < -0.3 is 5.32 Å². The van der Waals surface area contributed by atoms with Crippen molar-refractivity contribution < 1.29 is 4.79 Å². The smallest absolute Gasteiger partial charge is 0.255 e. The quantitative estimate of drug-likeness (QED) is 0.684. The molecule has 0 spiro atoms. The largest absolute Gasteiger partial charge is 0.347 e. The number of halogens is 2. The summed E-state index contributed by atoms with van der Waals surface area (Å²) in [5.41, 5.74) is 0.407. The zero-order valence-corrected chi connectivity index (χ0v) is 15.7. The minimum Gasteiger partial charge on any atom is -0.347 e. The molecule has 0 bridgehead atoms. The van der Waals surface area contributed by atoms with E-state index in [4.69, 9.17) is 11.6 Å². The molecule has 118 valence electrons. The van der Waals surface area contributed by atoms with E-state index >= 15 is 0 Å². The number of rotatable bonds is 3. The number of nitrogens with zero attached hydrogens (tertiary/aromatic N) is 1. The molecule has 21 heavy (non-hydrogen) atoms. The van der Waals surface area contributed by atoms with E-state index in [0.29, 0.717) is 14.8 Å². The van der Waals surface area contributed by atoms with E-state index in [-0.39, 0.29) is 11.4 Å². The van der Waals surface area contributed by atoms with Gasteiger partial charge in [-0.2, -0.15) is 0 Å². The minimum absolute atomic E-state index is 0.0616. The number of hydrogen-bond acceptors (Lipinski definition) is 3. The molecule has 0 saturated heterocycles. The Morgan fingerprint density at radius 3 is 2.62 bits per heavy atom. The molecule has 1 heterocycles. The summed E-state index contributed by atoms with van der Waals surface area (Å²) < 4.78 is 1.65. The van der Waals surface area contributed by atoms with Crippen LogP contribution in [0.1, 0.15) is 52.9 Å². The van der Waals surface area contributed by atoms with Crippen molar-refractivity contribution in [2.45, 2.75) is 64.5 Å². The van der Waals surface area contributed by atoms with Crippen molar-refractivity contribution in [2.24, 2.45) is 4.99 Å². The SMILES string of the molecule is CC(C)(C)NC(=O)C1=CN=C(Cl)I=C1NC1CCCCC1. The summed E-state index contributed by atoms with van der Waals surface area (Å²) in [4.78, 5) is 16.6. The Morgan fingerprint density at radius 1 is 1.33 bits per heavy atom. The van der Waals surface area contributed by atoms with Gasteiger partial charge in [0.1, 0.15) is 0 Å². The van der Waals surface area contributed by atoms with Gasteiger partial charge in [-0.15, -0.1) is 0 Å². The molecule has 2 aliphatic rings. The summed E-state index contributed by atoms with van der Waals surface area (Å²) in [6.45, 7) is 5.94. The summed E-state index contributed by atoms with van der Waals surface area (Å²) in [7, 11) is 0. The first-order valence-corrected chi connectivity index (χ1v) is 9.93. The van der Waals surface area contributed by atoms with Gasteiger partial charge in [0.05, 0.1) is 9.21 Å². The lowest BCUT2D eigenvalue weighted by Gasteiger charge is -2.27. The van der Waals surface area contributed by atoms with Crippen LogP contribution in [0.5, 0.6) is 0 Å². The Morgan fingerprint density at radius 2 is 2.00 bits per heavy atom. The molecule has 4 nitrogen and oxygen atoms in total. The predicted octanol–water partition coefficient (Wildman–Crippen LogP) is 3.42. The van der Waals surface area contributed by atoms with Gasteiger partial charge >= 0.3 is 0 Å². The lowest BCUT2D eigenvalue weighted by molar-refractivity contribution is -0.118. The molecule has 1 aliphatic carbocycles. The minimum atomic E-state index is -0.566. The van der Waals surface area contributed by atoms with Crippen molar-refractivity contribution in [1.29, 1.82) is 0 Å². The summed E-state index contributed by atoms with van der Waals surface area (Å²) in [6, 6.07) is 0.474. The van der Waals surface area contributed by atoms with Crippen LogP contribution in [0.15, 0.2) is 16.8 Å². The van der Waals surface area contributed by atoms with Crippen LogP contribution in [0.3, 0.4) is 0 Å². The van der Waals surface area contributed by atoms with Gasteiger partial charge in [-0.3, -0.25) is 10.1 Å². The maximum atomic E-state index is 12.4. The van der Waals surface area contributed by atoms with Gasteiger partial charge in [0.15, 0.2) is 3.18 Å². The number of aliphatic imine (C=N–C) groups is 1. The van der Waals surface area contributed by atoms with Gasteiger partial charge in [-0.1, -0.05) is 30.9 Å². The van der Waals surface area contributed by atoms with Gasteiger partial charge in [0, 0.05) is 17.8 Å². The molecule has 1 saturated carbocycles. The van der Waals surface area contributed by atoms with Crippen molar-refractivity contribution >= 4 is 45.0 Å².